The second kappa shape index (κ2) is 6.29. The van der Waals surface area contributed by atoms with Crippen LogP contribution in [-0.2, 0) is 11.3 Å². The van der Waals surface area contributed by atoms with Gasteiger partial charge in [0, 0.05) is 12.5 Å². The van der Waals surface area contributed by atoms with Crippen LogP contribution in [0.2, 0.25) is 0 Å². The van der Waals surface area contributed by atoms with Crippen molar-refractivity contribution in [2.45, 2.75) is 20.4 Å². The van der Waals surface area contributed by atoms with Gasteiger partial charge in [0.2, 0.25) is 0 Å². The summed E-state index contributed by atoms with van der Waals surface area (Å²) >= 11 is 0. The second-order valence-electron chi connectivity index (χ2n) is 5.27. The fourth-order valence-electron chi connectivity index (χ4n) is 2.52. The summed E-state index contributed by atoms with van der Waals surface area (Å²) in [6, 6.07) is 4.45. The van der Waals surface area contributed by atoms with Gasteiger partial charge >= 0.3 is 0 Å². The van der Waals surface area contributed by atoms with Gasteiger partial charge in [0.25, 0.3) is 0 Å². The number of rotatable bonds is 5. The fourth-order valence-corrected chi connectivity index (χ4v) is 2.52. The van der Waals surface area contributed by atoms with Crippen LogP contribution in [-0.4, -0.2) is 33.5 Å². The Morgan fingerprint density at radius 2 is 2.09 bits per heavy atom. The van der Waals surface area contributed by atoms with Crippen LogP contribution in [0, 0.1) is 19.7 Å². The SMILES string of the molecule is COCCn1nc(C)c(Nc2ncnc3ccc(F)cc23)c1C. The maximum Gasteiger partial charge on any atom is 0.141 e. The lowest BCUT2D eigenvalue weighted by molar-refractivity contribution is 0.182. The van der Waals surface area contributed by atoms with Crippen molar-refractivity contribution >= 4 is 22.4 Å². The molecule has 3 aromatic rings. The first kappa shape index (κ1) is 15.4. The van der Waals surface area contributed by atoms with Crippen molar-refractivity contribution in [2.75, 3.05) is 19.0 Å². The lowest BCUT2D eigenvalue weighted by Crippen LogP contribution is -2.07. The van der Waals surface area contributed by atoms with E-state index in [0.29, 0.717) is 29.9 Å². The molecule has 0 saturated carbocycles. The van der Waals surface area contributed by atoms with Gasteiger partial charge in [-0.25, -0.2) is 14.4 Å². The van der Waals surface area contributed by atoms with E-state index in [1.165, 1.54) is 18.5 Å². The first-order valence-corrected chi connectivity index (χ1v) is 7.30. The highest BCUT2D eigenvalue weighted by atomic mass is 19.1. The third kappa shape index (κ3) is 3.00. The third-order valence-corrected chi connectivity index (χ3v) is 3.73. The van der Waals surface area contributed by atoms with Gasteiger partial charge in [-0.2, -0.15) is 5.10 Å². The molecule has 23 heavy (non-hydrogen) atoms. The fraction of sp³-hybridized carbons (Fsp3) is 0.312. The zero-order valence-electron chi connectivity index (χ0n) is 13.3. The smallest absolute Gasteiger partial charge is 0.141 e. The van der Waals surface area contributed by atoms with Crippen LogP contribution in [0.25, 0.3) is 10.9 Å². The van der Waals surface area contributed by atoms with Crippen molar-refractivity contribution in [2.24, 2.45) is 0 Å². The molecule has 3 rings (SSSR count). The number of nitrogens with one attached hydrogen (secondary N) is 1. The predicted octanol–water partition coefficient (Wildman–Crippen LogP) is 2.97. The molecule has 1 aromatic carbocycles. The number of methoxy groups -OCH3 is 1. The molecule has 0 saturated heterocycles. The Bertz CT molecular complexity index is 846. The Morgan fingerprint density at radius 3 is 2.87 bits per heavy atom. The summed E-state index contributed by atoms with van der Waals surface area (Å²) in [6.45, 7) is 5.15. The molecule has 0 amide bonds. The van der Waals surface area contributed by atoms with Crippen LogP contribution in [0.5, 0.6) is 0 Å². The molecule has 120 valence electrons. The van der Waals surface area contributed by atoms with Gasteiger partial charge < -0.3 is 10.1 Å². The minimum Gasteiger partial charge on any atom is -0.383 e. The number of ether oxygens (including phenoxy) is 1. The lowest BCUT2D eigenvalue weighted by atomic mass is 10.2. The summed E-state index contributed by atoms with van der Waals surface area (Å²) in [5, 5.41) is 8.40. The van der Waals surface area contributed by atoms with Crippen LogP contribution in [0.15, 0.2) is 24.5 Å². The molecule has 0 fully saturated rings. The van der Waals surface area contributed by atoms with Crippen molar-refractivity contribution in [1.82, 2.24) is 19.7 Å². The number of aryl methyl sites for hydroxylation is 1. The predicted molar refractivity (Wildman–Crippen MR) is 86.4 cm³/mol. The molecular weight excluding hydrogens is 297 g/mol. The average Bonchev–Trinajstić information content (AvgIpc) is 2.81. The van der Waals surface area contributed by atoms with E-state index in [2.05, 4.69) is 20.4 Å². The van der Waals surface area contributed by atoms with E-state index in [9.17, 15) is 4.39 Å². The van der Waals surface area contributed by atoms with E-state index in [0.717, 1.165) is 17.1 Å². The molecule has 0 atom stereocenters. The summed E-state index contributed by atoms with van der Waals surface area (Å²) in [5.74, 6) is 0.242. The Hall–Kier alpha value is -2.54. The van der Waals surface area contributed by atoms with Gasteiger partial charge in [-0.05, 0) is 32.0 Å². The minimum atomic E-state index is -0.320. The molecule has 2 aromatic heterocycles. The van der Waals surface area contributed by atoms with Crippen molar-refractivity contribution in [3.8, 4) is 0 Å². The van der Waals surface area contributed by atoms with Crippen molar-refractivity contribution in [3.63, 3.8) is 0 Å². The second-order valence-corrected chi connectivity index (χ2v) is 5.27. The van der Waals surface area contributed by atoms with E-state index < -0.39 is 0 Å². The standard InChI is InChI=1S/C16H18FN5O/c1-10-15(11(2)22(21-10)6-7-23-3)20-16-13-8-12(17)4-5-14(13)18-9-19-16/h4-5,8-9H,6-7H2,1-3H3,(H,18,19,20). The molecule has 2 heterocycles. The Morgan fingerprint density at radius 1 is 1.26 bits per heavy atom. The maximum absolute atomic E-state index is 13.5. The maximum atomic E-state index is 13.5. The van der Waals surface area contributed by atoms with Crippen LogP contribution >= 0.6 is 0 Å². The van der Waals surface area contributed by atoms with E-state index in [4.69, 9.17) is 4.74 Å². The minimum absolute atomic E-state index is 0.320. The molecule has 0 aliphatic rings. The average molecular weight is 315 g/mol. The van der Waals surface area contributed by atoms with Gasteiger partial charge in [-0.1, -0.05) is 0 Å². The third-order valence-electron chi connectivity index (χ3n) is 3.73. The molecule has 0 unspecified atom stereocenters. The molecule has 0 radical (unpaired) electrons. The number of aromatic nitrogens is 4. The lowest BCUT2D eigenvalue weighted by Gasteiger charge is -2.09. The van der Waals surface area contributed by atoms with Gasteiger partial charge in [0.1, 0.15) is 18.0 Å². The van der Waals surface area contributed by atoms with Gasteiger partial charge in [-0.3, -0.25) is 4.68 Å². The topological polar surface area (TPSA) is 64.9 Å². The molecule has 7 heteroatoms. The number of benzene rings is 1. The molecule has 0 bridgehead atoms. The summed E-state index contributed by atoms with van der Waals surface area (Å²) in [6.07, 6.45) is 1.46. The Labute approximate surface area is 133 Å². The first-order valence-electron chi connectivity index (χ1n) is 7.30. The van der Waals surface area contributed by atoms with E-state index in [-0.39, 0.29) is 5.82 Å². The van der Waals surface area contributed by atoms with Crippen molar-refractivity contribution in [1.29, 1.82) is 0 Å². The van der Waals surface area contributed by atoms with E-state index in [1.807, 2.05) is 18.5 Å². The van der Waals surface area contributed by atoms with E-state index in [1.54, 1.807) is 13.2 Å². The van der Waals surface area contributed by atoms with Crippen LogP contribution in [0.3, 0.4) is 0 Å². The highest BCUT2D eigenvalue weighted by molar-refractivity contribution is 5.90. The highest BCUT2D eigenvalue weighted by Gasteiger charge is 2.14. The number of halogens is 1. The van der Waals surface area contributed by atoms with Gasteiger partial charge in [-0.15, -0.1) is 0 Å². The summed E-state index contributed by atoms with van der Waals surface area (Å²) < 4.78 is 20.5. The number of hydrogen-bond acceptors (Lipinski definition) is 5. The molecule has 0 aliphatic carbocycles. The highest BCUT2D eigenvalue weighted by Crippen LogP contribution is 2.27. The normalized spacial score (nSPS) is 11.1. The first-order chi connectivity index (χ1) is 11.1. The summed E-state index contributed by atoms with van der Waals surface area (Å²) in [5.41, 5.74) is 3.38. The number of anilines is 2. The largest absolute Gasteiger partial charge is 0.383 e. The Kier molecular flexibility index (Phi) is 4.20. The van der Waals surface area contributed by atoms with Crippen molar-refractivity contribution in [3.05, 3.63) is 41.7 Å². The number of nitrogens with zero attached hydrogens (tertiary/aromatic N) is 4. The zero-order valence-corrected chi connectivity index (χ0v) is 13.3. The molecule has 0 aliphatic heterocycles. The van der Waals surface area contributed by atoms with Gasteiger partial charge in [0.05, 0.1) is 35.7 Å². The van der Waals surface area contributed by atoms with E-state index >= 15 is 0 Å². The van der Waals surface area contributed by atoms with Crippen LogP contribution in [0.4, 0.5) is 15.9 Å². The summed E-state index contributed by atoms with van der Waals surface area (Å²) in [4.78, 5) is 8.41. The molecule has 6 nitrogen and oxygen atoms in total. The summed E-state index contributed by atoms with van der Waals surface area (Å²) in [7, 11) is 1.66. The van der Waals surface area contributed by atoms with Gasteiger partial charge in [0.15, 0.2) is 0 Å². The molecule has 1 N–H and O–H groups in total. The van der Waals surface area contributed by atoms with Crippen molar-refractivity contribution < 1.29 is 9.13 Å². The Balaban J connectivity index is 1.99. The number of fused-ring (bicyclic) bond motifs is 1. The monoisotopic (exact) mass is 315 g/mol. The zero-order chi connectivity index (χ0) is 16.4. The quantitative estimate of drug-likeness (QED) is 0.784. The van der Waals surface area contributed by atoms with Crippen LogP contribution in [0.1, 0.15) is 11.4 Å². The van der Waals surface area contributed by atoms with Crippen LogP contribution < -0.4 is 5.32 Å². The molecular formula is C16H18FN5O. The number of hydrogen-bond donors (Lipinski definition) is 1. The molecule has 0 spiro atoms.